The lowest BCUT2D eigenvalue weighted by Gasteiger charge is -2.19. The van der Waals surface area contributed by atoms with Gasteiger partial charge in [0, 0.05) is 5.69 Å². The van der Waals surface area contributed by atoms with Gasteiger partial charge in [0.2, 0.25) is 0 Å². The molecule has 5 heteroatoms. The minimum Gasteiger partial charge on any atom is -0.318 e. The SMILES string of the molecule is Cc1cc(-c2ccc(C(C)(C)C)cc2)cc(C)c1NC(=O)C(F)(F)F. The van der Waals surface area contributed by atoms with Gasteiger partial charge >= 0.3 is 12.1 Å². The Hall–Kier alpha value is -2.30. The van der Waals surface area contributed by atoms with Crippen molar-refractivity contribution in [2.75, 3.05) is 5.32 Å². The normalized spacial score (nSPS) is 12.2. The van der Waals surface area contributed by atoms with Gasteiger partial charge in [-0.15, -0.1) is 0 Å². The maximum absolute atomic E-state index is 12.5. The molecule has 0 radical (unpaired) electrons. The van der Waals surface area contributed by atoms with Crippen molar-refractivity contribution in [3.05, 3.63) is 53.1 Å². The average molecular weight is 349 g/mol. The number of alkyl halides is 3. The van der Waals surface area contributed by atoms with Gasteiger partial charge in [-0.2, -0.15) is 13.2 Å². The van der Waals surface area contributed by atoms with Crippen LogP contribution in [0.25, 0.3) is 11.1 Å². The number of nitrogens with one attached hydrogen (secondary N) is 1. The molecule has 0 heterocycles. The molecule has 2 aromatic rings. The monoisotopic (exact) mass is 349 g/mol. The molecule has 0 saturated heterocycles. The number of halogens is 3. The number of aryl methyl sites for hydroxylation is 2. The number of amides is 1. The summed E-state index contributed by atoms with van der Waals surface area (Å²) in [5.41, 5.74) is 4.53. The van der Waals surface area contributed by atoms with Crippen molar-refractivity contribution < 1.29 is 18.0 Å². The number of hydrogen-bond acceptors (Lipinski definition) is 1. The van der Waals surface area contributed by atoms with Crippen LogP contribution in [0.3, 0.4) is 0 Å². The number of rotatable bonds is 2. The van der Waals surface area contributed by atoms with Gasteiger partial charge in [0.05, 0.1) is 0 Å². The molecule has 1 amide bonds. The summed E-state index contributed by atoms with van der Waals surface area (Å²) >= 11 is 0. The van der Waals surface area contributed by atoms with Gasteiger partial charge in [-0.3, -0.25) is 4.79 Å². The summed E-state index contributed by atoms with van der Waals surface area (Å²) in [5, 5.41) is 1.96. The molecule has 0 atom stereocenters. The van der Waals surface area contributed by atoms with Crippen molar-refractivity contribution in [3.63, 3.8) is 0 Å². The van der Waals surface area contributed by atoms with Crippen LogP contribution in [0.4, 0.5) is 18.9 Å². The fourth-order valence-electron chi connectivity index (χ4n) is 2.67. The van der Waals surface area contributed by atoms with E-state index in [0.717, 1.165) is 11.1 Å². The zero-order valence-electron chi connectivity index (χ0n) is 15.0. The van der Waals surface area contributed by atoms with E-state index in [9.17, 15) is 18.0 Å². The molecular formula is C20H22F3NO. The second-order valence-corrected chi connectivity index (χ2v) is 7.26. The highest BCUT2D eigenvalue weighted by Gasteiger charge is 2.39. The van der Waals surface area contributed by atoms with E-state index >= 15 is 0 Å². The highest BCUT2D eigenvalue weighted by atomic mass is 19.4. The van der Waals surface area contributed by atoms with Crippen LogP contribution in [-0.2, 0) is 10.2 Å². The van der Waals surface area contributed by atoms with E-state index in [1.54, 1.807) is 26.0 Å². The number of benzene rings is 2. The van der Waals surface area contributed by atoms with Gasteiger partial charge in [-0.1, -0.05) is 45.0 Å². The van der Waals surface area contributed by atoms with Crippen LogP contribution in [0.15, 0.2) is 36.4 Å². The number of hydrogen-bond donors (Lipinski definition) is 1. The summed E-state index contributed by atoms with van der Waals surface area (Å²) in [7, 11) is 0. The van der Waals surface area contributed by atoms with E-state index < -0.39 is 12.1 Å². The first-order valence-electron chi connectivity index (χ1n) is 8.00. The summed E-state index contributed by atoms with van der Waals surface area (Å²) < 4.78 is 37.4. The topological polar surface area (TPSA) is 29.1 Å². The minimum absolute atomic E-state index is 0.0517. The van der Waals surface area contributed by atoms with Crippen molar-refractivity contribution in [2.24, 2.45) is 0 Å². The Morgan fingerprint density at radius 3 is 1.76 bits per heavy atom. The van der Waals surface area contributed by atoms with Gasteiger partial charge in [0.25, 0.3) is 0 Å². The summed E-state index contributed by atoms with van der Waals surface area (Å²) in [6.45, 7) is 9.77. The third-order valence-electron chi connectivity index (χ3n) is 4.11. The molecule has 0 aliphatic carbocycles. The van der Waals surface area contributed by atoms with Crippen LogP contribution in [0.1, 0.15) is 37.5 Å². The molecule has 0 unspecified atom stereocenters. The molecule has 0 fully saturated rings. The quantitative estimate of drug-likeness (QED) is 0.733. The standard InChI is InChI=1S/C20H22F3NO/c1-12-10-15(14-6-8-16(9-7-14)19(3,4)5)11-13(2)17(12)24-18(25)20(21,22)23/h6-11H,1-5H3,(H,24,25). The summed E-state index contributed by atoms with van der Waals surface area (Å²) in [6, 6.07) is 11.7. The molecule has 2 nitrogen and oxygen atoms in total. The zero-order chi connectivity index (χ0) is 19.0. The van der Waals surface area contributed by atoms with E-state index in [-0.39, 0.29) is 11.1 Å². The number of carbonyl (C=O) groups excluding carboxylic acids is 1. The second-order valence-electron chi connectivity index (χ2n) is 7.26. The van der Waals surface area contributed by atoms with Gasteiger partial charge in [-0.25, -0.2) is 0 Å². The van der Waals surface area contributed by atoms with E-state index in [4.69, 9.17) is 0 Å². The smallest absolute Gasteiger partial charge is 0.318 e. The second kappa shape index (κ2) is 6.54. The largest absolute Gasteiger partial charge is 0.471 e. The molecular weight excluding hydrogens is 327 g/mol. The van der Waals surface area contributed by atoms with Crippen molar-refractivity contribution in [1.82, 2.24) is 0 Å². The number of carbonyl (C=O) groups is 1. The van der Waals surface area contributed by atoms with Crippen LogP contribution < -0.4 is 5.32 Å². The Bertz CT molecular complexity index is 761. The predicted molar refractivity (Wildman–Crippen MR) is 94.7 cm³/mol. The molecule has 1 N–H and O–H groups in total. The Morgan fingerprint density at radius 1 is 0.880 bits per heavy atom. The average Bonchev–Trinajstić information content (AvgIpc) is 2.48. The lowest BCUT2D eigenvalue weighted by molar-refractivity contribution is -0.167. The summed E-state index contributed by atoms with van der Waals surface area (Å²) in [6.07, 6.45) is -4.90. The van der Waals surface area contributed by atoms with E-state index in [2.05, 4.69) is 32.9 Å². The molecule has 0 aliphatic heterocycles. The Morgan fingerprint density at radius 2 is 1.36 bits per heavy atom. The summed E-state index contributed by atoms with van der Waals surface area (Å²) in [5.74, 6) is -1.96. The van der Waals surface area contributed by atoms with E-state index in [1.807, 2.05) is 17.4 Å². The van der Waals surface area contributed by atoms with Gasteiger partial charge in [0.15, 0.2) is 0 Å². The van der Waals surface area contributed by atoms with E-state index in [1.165, 1.54) is 5.56 Å². The Balaban J connectivity index is 2.35. The first kappa shape index (κ1) is 19.0. The first-order chi connectivity index (χ1) is 11.4. The molecule has 0 aliphatic rings. The van der Waals surface area contributed by atoms with Crippen molar-refractivity contribution >= 4 is 11.6 Å². The van der Waals surface area contributed by atoms with Crippen molar-refractivity contribution in [3.8, 4) is 11.1 Å². The maximum Gasteiger partial charge on any atom is 0.471 e. The minimum atomic E-state index is -4.90. The zero-order valence-corrected chi connectivity index (χ0v) is 15.0. The van der Waals surface area contributed by atoms with Crippen LogP contribution in [0.2, 0.25) is 0 Å². The summed E-state index contributed by atoms with van der Waals surface area (Å²) in [4.78, 5) is 11.2. The molecule has 2 aromatic carbocycles. The maximum atomic E-state index is 12.5. The van der Waals surface area contributed by atoms with Crippen LogP contribution in [-0.4, -0.2) is 12.1 Å². The molecule has 0 aromatic heterocycles. The number of anilines is 1. The van der Waals surface area contributed by atoms with Crippen LogP contribution in [0, 0.1) is 13.8 Å². The molecule has 0 bridgehead atoms. The third kappa shape index (κ3) is 4.41. The predicted octanol–water partition coefficient (Wildman–Crippen LogP) is 5.77. The fourth-order valence-corrected chi connectivity index (χ4v) is 2.67. The lowest BCUT2D eigenvalue weighted by atomic mass is 9.86. The molecule has 2 rings (SSSR count). The fraction of sp³-hybridized carbons (Fsp3) is 0.350. The van der Waals surface area contributed by atoms with Gasteiger partial charge < -0.3 is 5.32 Å². The van der Waals surface area contributed by atoms with Gasteiger partial charge in [-0.05, 0) is 59.2 Å². The molecule has 0 saturated carbocycles. The lowest BCUT2D eigenvalue weighted by Crippen LogP contribution is -2.30. The van der Waals surface area contributed by atoms with Crippen LogP contribution >= 0.6 is 0 Å². The third-order valence-corrected chi connectivity index (χ3v) is 4.11. The molecule has 134 valence electrons. The molecule has 0 spiro atoms. The Kier molecular flexibility index (Phi) is 4.98. The highest BCUT2D eigenvalue weighted by molar-refractivity contribution is 5.96. The molecule has 25 heavy (non-hydrogen) atoms. The van der Waals surface area contributed by atoms with Gasteiger partial charge in [0.1, 0.15) is 0 Å². The van der Waals surface area contributed by atoms with E-state index in [0.29, 0.717) is 11.1 Å². The Labute approximate surface area is 146 Å². The van der Waals surface area contributed by atoms with Crippen molar-refractivity contribution in [1.29, 1.82) is 0 Å². The highest BCUT2D eigenvalue weighted by Crippen LogP contribution is 2.31. The van der Waals surface area contributed by atoms with Crippen molar-refractivity contribution in [2.45, 2.75) is 46.2 Å². The first-order valence-corrected chi connectivity index (χ1v) is 8.00. The van der Waals surface area contributed by atoms with Crippen LogP contribution in [0.5, 0.6) is 0 Å².